The van der Waals surface area contributed by atoms with E-state index >= 15 is 0 Å². The SMILES string of the molecule is O=C(C1=CN(c2ccc(F)c(F)c2)c2cc(Cl)ccc2S1(=O)=O)N1CCOCC1. The van der Waals surface area contributed by atoms with Crippen LogP contribution in [0.15, 0.2) is 52.4 Å². The van der Waals surface area contributed by atoms with Crippen molar-refractivity contribution in [2.24, 2.45) is 0 Å². The molecule has 6 nitrogen and oxygen atoms in total. The van der Waals surface area contributed by atoms with Gasteiger partial charge in [0.05, 0.1) is 23.8 Å². The molecular formula is C19H15ClF2N2O4S. The van der Waals surface area contributed by atoms with Crippen molar-refractivity contribution in [2.45, 2.75) is 4.90 Å². The number of halogens is 3. The lowest BCUT2D eigenvalue weighted by Gasteiger charge is -2.32. The van der Waals surface area contributed by atoms with Gasteiger partial charge in [-0.25, -0.2) is 17.2 Å². The monoisotopic (exact) mass is 440 g/mol. The van der Waals surface area contributed by atoms with Crippen LogP contribution in [0.25, 0.3) is 0 Å². The average molecular weight is 441 g/mol. The van der Waals surface area contributed by atoms with Gasteiger partial charge in [-0.3, -0.25) is 4.79 Å². The first-order valence-corrected chi connectivity index (χ1v) is 10.5. The molecule has 2 aliphatic heterocycles. The summed E-state index contributed by atoms with van der Waals surface area (Å²) in [6.45, 7) is 1.12. The summed E-state index contributed by atoms with van der Waals surface area (Å²) in [6.07, 6.45) is 1.12. The van der Waals surface area contributed by atoms with Gasteiger partial charge in [-0.2, -0.15) is 0 Å². The fraction of sp³-hybridized carbons (Fsp3) is 0.211. The van der Waals surface area contributed by atoms with Crippen LogP contribution < -0.4 is 4.90 Å². The number of nitrogens with zero attached hydrogens (tertiary/aromatic N) is 2. The third-order valence-corrected chi connectivity index (χ3v) is 6.71. The quantitative estimate of drug-likeness (QED) is 0.717. The first-order chi connectivity index (χ1) is 13.8. The Kier molecular flexibility index (Phi) is 5.05. The number of carbonyl (C=O) groups excluding carboxylic acids is 1. The predicted octanol–water partition coefficient (Wildman–Crippen LogP) is 3.24. The molecular weight excluding hydrogens is 426 g/mol. The van der Waals surface area contributed by atoms with Crippen molar-refractivity contribution in [3.8, 4) is 0 Å². The van der Waals surface area contributed by atoms with Crippen LogP contribution in [-0.4, -0.2) is 45.5 Å². The van der Waals surface area contributed by atoms with E-state index in [1.54, 1.807) is 0 Å². The predicted molar refractivity (Wildman–Crippen MR) is 103 cm³/mol. The van der Waals surface area contributed by atoms with Gasteiger partial charge >= 0.3 is 0 Å². The summed E-state index contributed by atoms with van der Waals surface area (Å²) < 4.78 is 58.7. The van der Waals surface area contributed by atoms with Gasteiger partial charge in [0.25, 0.3) is 5.91 Å². The Morgan fingerprint density at radius 3 is 2.45 bits per heavy atom. The lowest BCUT2D eigenvalue weighted by atomic mass is 10.2. The minimum absolute atomic E-state index is 0.141. The summed E-state index contributed by atoms with van der Waals surface area (Å²) in [7, 11) is -4.15. The molecule has 0 unspecified atom stereocenters. The molecule has 4 rings (SSSR count). The molecule has 1 amide bonds. The number of fused-ring (bicyclic) bond motifs is 1. The highest BCUT2D eigenvalue weighted by atomic mass is 35.5. The zero-order valence-corrected chi connectivity index (χ0v) is 16.5. The molecule has 152 valence electrons. The van der Waals surface area contributed by atoms with Crippen LogP contribution in [0.1, 0.15) is 0 Å². The zero-order valence-electron chi connectivity index (χ0n) is 14.9. The fourth-order valence-electron chi connectivity index (χ4n) is 3.22. The van der Waals surface area contributed by atoms with Crippen molar-refractivity contribution in [1.29, 1.82) is 0 Å². The van der Waals surface area contributed by atoms with E-state index in [0.717, 1.165) is 18.3 Å². The third-order valence-electron chi connectivity index (χ3n) is 4.70. The van der Waals surface area contributed by atoms with E-state index in [2.05, 4.69) is 0 Å². The number of sulfone groups is 1. The molecule has 10 heteroatoms. The summed E-state index contributed by atoms with van der Waals surface area (Å²) in [5, 5.41) is 0.253. The first-order valence-electron chi connectivity index (χ1n) is 8.67. The normalized spacial score (nSPS) is 18.2. The van der Waals surface area contributed by atoms with Crippen molar-refractivity contribution >= 4 is 38.7 Å². The van der Waals surface area contributed by atoms with Crippen LogP contribution in [0.3, 0.4) is 0 Å². The number of benzene rings is 2. The van der Waals surface area contributed by atoms with Crippen molar-refractivity contribution in [3.63, 3.8) is 0 Å². The number of rotatable bonds is 2. The number of hydrogen-bond acceptors (Lipinski definition) is 5. The lowest BCUT2D eigenvalue weighted by molar-refractivity contribution is -0.130. The van der Waals surface area contributed by atoms with Crippen LogP contribution in [0.4, 0.5) is 20.2 Å². The van der Waals surface area contributed by atoms with Crippen molar-refractivity contribution in [1.82, 2.24) is 4.90 Å². The topological polar surface area (TPSA) is 66.9 Å². The van der Waals surface area contributed by atoms with Crippen molar-refractivity contribution in [2.75, 3.05) is 31.2 Å². The maximum absolute atomic E-state index is 13.8. The third kappa shape index (κ3) is 3.50. The molecule has 0 aromatic heterocycles. The molecule has 2 heterocycles. The standard InChI is InChI=1S/C19H15ClF2N2O4S/c20-12-1-4-17-16(9-12)24(13-2-3-14(21)15(22)10-13)11-18(29(17,26)27)19(25)23-5-7-28-8-6-23/h1-4,9-11H,5-8H2. The zero-order chi connectivity index (χ0) is 20.8. The lowest BCUT2D eigenvalue weighted by Crippen LogP contribution is -2.43. The second-order valence-electron chi connectivity index (χ2n) is 6.48. The number of ether oxygens (including phenoxy) is 1. The van der Waals surface area contributed by atoms with Crippen LogP contribution >= 0.6 is 11.6 Å². The Morgan fingerprint density at radius 2 is 1.76 bits per heavy atom. The van der Waals surface area contributed by atoms with E-state index in [4.69, 9.17) is 16.3 Å². The molecule has 0 bridgehead atoms. The van der Waals surface area contributed by atoms with Crippen LogP contribution in [0, 0.1) is 11.6 Å². The Hall–Kier alpha value is -2.49. The van der Waals surface area contributed by atoms with Gasteiger partial charge < -0.3 is 14.5 Å². The molecule has 29 heavy (non-hydrogen) atoms. The van der Waals surface area contributed by atoms with Crippen molar-refractivity contribution < 1.29 is 26.7 Å². The molecule has 1 saturated heterocycles. The molecule has 0 N–H and O–H groups in total. The van der Waals surface area contributed by atoms with E-state index in [-0.39, 0.29) is 34.4 Å². The highest BCUT2D eigenvalue weighted by Gasteiger charge is 2.38. The molecule has 2 aliphatic rings. The molecule has 0 atom stereocenters. The fourth-order valence-corrected chi connectivity index (χ4v) is 4.91. The number of hydrogen-bond donors (Lipinski definition) is 0. The van der Waals surface area contributed by atoms with Gasteiger partial charge in [0.2, 0.25) is 9.84 Å². The van der Waals surface area contributed by atoms with Gasteiger partial charge in [0.15, 0.2) is 16.5 Å². The summed E-state index contributed by atoms with van der Waals surface area (Å²) >= 11 is 6.03. The molecule has 2 aromatic rings. The average Bonchev–Trinajstić information content (AvgIpc) is 2.70. The molecule has 0 radical (unpaired) electrons. The van der Waals surface area contributed by atoms with Gasteiger partial charge in [-0.05, 0) is 30.3 Å². The number of carbonyl (C=O) groups is 1. The van der Waals surface area contributed by atoms with Crippen molar-refractivity contribution in [3.05, 3.63) is 64.2 Å². The van der Waals surface area contributed by atoms with E-state index < -0.39 is 32.3 Å². The first kappa shape index (κ1) is 19.8. The summed E-state index contributed by atoms with van der Waals surface area (Å²) in [5.41, 5.74) is 0.289. The molecule has 0 aliphatic carbocycles. The summed E-state index contributed by atoms with van der Waals surface area (Å²) in [5.74, 6) is -2.83. The minimum atomic E-state index is -4.15. The summed E-state index contributed by atoms with van der Waals surface area (Å²) in [4.78, 5) is 15.1. The van der Waals surface area contributed by atoms with Crippen LogP contribution in [0.2, 0.25) is 5.02 Å². The van der Waals surface area contributed by atoms with Gasteiger partial charge in [0, 0.05) is 36.1 Å². The molecule has 0 spiro atoms. The molecule has 2 aromatic carbocycles. The number of morpholine rings is 1. The Morgan fingerprint density at radius 1 is 1.03 bits per heavy atom. The van der Waals surface area contributed by atoms with Crippen LogP contribution in [-0.2, 0) is 19.4 Å². The van der Waals surface area contributed by atoms with E-state index in [1.165, 1.54) is 34.1 Å². The van der Waals surface area contributed by atoms with E-state index in [9.17, 15) is 22.0 Å². The van der Waals surface area contributed by atoms with Gasteiger partial charge in [0.1, 0.15) is 0 Å². The highest BCUT2D eigenvalue weighted by molar-refractivity contribution is 7.96. The Bertz CT molecular complexity index is 1130. The smallest absolute Gasteiger partial charge is 0.267 e. The molecule has 1 fully saturated rings. The Labute approximate surface area is 170 Å². The van der Waals surface area contributed by atoms with Crippen LogP contribution in [0.5, 0.6) is 0 Å². The van der Waals surface area contributed by atoms with Gasteiger partial charge in [-0.15, -0.1) is 0 Å². The number of amides is 1. The molecule has 0 saturated carbocycles. The Balaban J connectivity index is 1.89. The summed E-state index contributed by atoms with van der Waals surface area (Å²) in [6, 6.07) is 7.21. The minimum Gasteiger partial charge on any atom is -0.378 e. The van der Waals surface area contributed by atoms with Gasteiger partial charge in [-0.1, -0.05) is 11.6 Å². The van der Waals surface area contributed by atoms with E-state index in [1.807, 2.05) is 0 Å². The maximum Gasteiger partial charge on any atom is 0.267 e. The van der Waals surface area contributed by atoms with E-state index in [0.29, 0.717) is 13.2 Å². The highest BCUT2D eigenvalue weighted by Crippen LogP contribution is 2.41. The second-order valence-corrected chi connectivity index (χ2v) is 8.80. The number of anilines is 2. The largest absolute Gasteiger partial charge is 0.378 e. The second kappa shape index (κ2) is 7.40. The maximum atomic E-state index is 13.8.